The van der Waals surface area contributed by atoms with Gasteiger partial charge in [-0.25, -0.2) is 0 Å². The Morgan fingerprint density at radius 1 is 1.38 bits per heavy atom. The van der Waals surface area contributed by atoms with Crippen molar-refractivity contribution in [2.45, 2.75) is 26.2 Å². The second kappa shape index (κ2) is 11.0. The number of fused-ring (bicyclic) bond motifs is 1. The molecule has 1 aromatic carbocycles. The minimum absolute atomic E-state index is 0. The number of para-hydroxylation sites is 1. The van der Waals surface area contributed by atoms with E-state index >= 15 is 0 Å². The van der Waals surface area contributed by atoms with Crippen molar-refractivity contribution in [3.63, 3.8) is 0 Å². The van der Waals surface area contributed by atoms with Crippen LogP contribution in [-0.4, -0.2) is 44.6 Å². The van der Waals surface area contributed by atoms with Crippen LogP contribution in [0.25, 0.3) is 0 Å². The number of rotatable bonds is 6. The Balaban J connectivity index is 0.00000338. The molecule has 0 radical (unpaired) electrons. The monoisotopic (exact) mass is 474 g/mol. The van der Waals surface area contributed by atoms with Crippen molar-refractivity contribution >= 4 is 47.5 Å². The van der Waals surface area contributed by atoms with E-state index < -0.39 is 0 Å². The topological polar surface area (TPSA) is 91.8 Å². The van der Waals surface area contributed by atoms with Crippen molar-refractivity contribution in [1.29, 1.82) is 0 Å². The number of hydrogen-bond acceptors (Lipinski definition) is 4. The van der Waals surface area contributed by atoms with Gasteiger partial charge in [-0.1, -0.05) is 25.1 Å². The average molecular weight is 474 g/mol. The van der Waals surface area contributed by atoms with Gasteiger partial charge in [0.1, 0.15) is 0 Å². The van der Waals surface area contributed by atoms with Crippen LogP contribution >= 0.6 is 24.0 Å². The third-order valence-corrected chi connectivity index (χ3v) is 4.09. The Bertz CT molecular complexity index is 651. The highest BCUT2D eigenvalue weighted by molar-refractivity contribution is 14.0. The zero-order valence-electron chi connectivity index (χ0n) is 15.4. The van der Waals surface area contributed by atoms with E-state index in [0.717, 1.165) is 11.3 Å². The van der Waals surface area contributed by atoms with E-state index in [4.69, 9.17) is 4.74 Å². The quantitative estimate of drug-likeness (QED) is 0.254. The first-order chi connectivity index (χ1) is 12.0. The van der Waals surface area contributed by atoms with Crippen LogP contribution < -0.4 is 16.0 Å². The van der Waals surface area contributed by atoms with Crippen LogP contribution in [0.2, 0.25) is 0 Å². The zero-order chi connectivity index (χ0) is 18.2. The molecule has 0 aromatic heterocycles. The second-order valence-corrected chi connectivity index (χ2v) is 6.06. The summed E-state index contributed by atoms with van der Waals surface area (Å²) >= 11 is 0. The van der Waals surface area contributed by atoms with Crippen molar-refractivity contribution < 1.29 is 14.3 Å². The van der Waals surface area contributed by atoms with Gasteiger partial charge in [0.05, 0.1) is 19.6 Å². The molecule has 0 aliphatic carbocycles. The Labute approximate surface area is 171 Å². The van der Waals surface area contributed by atoms with Crippen LogP contribution in [0.4, 0.5) is 5.69 Å². The van der Waals surface area contributed by atoms with Crippen LogP contribution in [0.5, 0.6) is 0 Å². The summed E-state index contributed by atoms with van der Waals surface area (Å²) in [5.74, 6) is 0.138. The molecule has 1 amide bonds. The van der Waals surface area contributed by atoms with Crippen molar-refractivity contribution in [1.82, 2.24) is 10.6 Å². The number of anilines is 1. The van der Waals surface area contributed by atoms with Gasteiger partial charge >= 0.3 is 5.97 Å². The third-order valence-electron chi connectivity index (χ3n) is 4.09. The van der Waals surface area contributed by atoms with Crippen molar-refractivity contribution in [3.8, 4) is 0 Å². The molecule has 2 unspecified atom stereocenters. The van der Waals surface area contributed by atoms with Crippen LogP contribution in [0.3, 0.4) is 0 Å². The Morgan fingerprint density at radius 3 is 2.81 bits per heavy atom. The summed E-state index contributed by atoms with van der Waals surface area (Å²) in [5.41, 5.74) is 1.99. The summed E-state index contributed by atoms with van der Waals surface area (Å²) < 4.78 is 4.72. The number of guanidine groups is 1. The van der Waals surface area contributed by atoms with Gasteiger partial charge in [-0.05, 0) is 18.6 Å². The highest BCUT2D eigenvalue weighted by Crippen LogP contribution is 2.31. The van der Waals surface area contributed by atoms with Gasteiger partial charge < -0.3 is 20.7 Å². The van der Waals surface area contributed by atoms with E-state index in [2.05, 4.69) is 20.9 Å². The first-order valence-corrected chi connectivity index (χ1v) is 8.54. The normalized spacial score (nSPS) is 17.3. The largest absolute Gasteiger partial charge is 0.469 e. The fourth-order valence-electron chi connectivity index (χ4n) is 2.75. The SMILES string of the molecule is CCNC(=NCC(C)C(=O)OC)NCC1CC(=O)Nc2ccccc21.I. The maximum atomic E-state index is 11.9. The number of benzene rings is 1. The molecule has 2 rings (SSSR count). The number of amides is 1. The molecular formula is C18H27IN4O3. The number of ether oxygens (including phenoxy) is 1. The lowest BCUT2D eigenvalue weighted by Crippen LogP contribution is -2.41. The van der Waals surface area contributed by atoms with Crippen LogP contribution in [0.15, 0.2) is 29.3 Å². The molecule has 2 atom stereocenters. The van der Waals surface area contributed by atoms with E-state index in [1.165, 1.54) is 7.11 Å². The van der Waals surface area contributed by atoms with Gasteiger partial charge in [-0.15, -0.1) is 24.0 Å². The molecule has 1 aliphatic heterocycles. The van der Waals surface area contributed by atoms with Crippen LogP contribution in [-0.2, 0) is 14.3 Å². The number of hydrogen-bond donors (Lipinski definition) is 3. The zero-order valence-corrected chi connectivity index (χ0v) is 17.7. The number of nitrogens with zero attached hydrogens (tertiary/aromatic N) is 1. The predicted octanol–water partition coefficient (Wildman–Crippen LogP) is 2.09. The van der Waals surface area contributed by atoms with E-state index in [-0.39, 0.29) is 47.7 Å². The van der Waals surface area contributed by atoms with Crippen molar-refractivity contribution in [2.75, 3.05) is 32.1 Å². The minimum Gasteiger partial charge on any atom is -0.469 e. The standard InChI is InChI=1S/C18H26N4O3.HI/c1-4-19-18(20-10-12(2)17(24)25-3)21-11-13-9-16(23)22-15-8-6-5-7-14(13)15;/h5-8,12-13H,4,9-11H2,1-3H3,(H,22,23)(H2,19,20,21);1H. The number of carbonyl (C=O) groups is 2. The van der Waals surface area contributed by atoms with E-state index in [0.29, 0.717) is 32.0 Å². The van der Waals surface area contributed by atoms with Gasteiger partial charge in [-0.2, -0.15) is 0 Å². The van der Waals surface area contributed by atoms with Gasteiger partial charge in [0.15, 0.2) is 5.96 Å². The Morgan fingerprint density at radius 2 is 2.12 bits per heavy atom. The molecule has 1 aromatic rings. The number of carbonyl (C=O) groups excluding carboxylic acids is 2. The summed E-state index contributed by atoms with van der Waals surface area (Å²) in [6.07, 6.45) is 0.433. The van der Waals surface area contributed by atoms with E-state index in [9.17, 15) is 9.59 Å². The van der Waals surface area contributed by atoms with E-state index in [1.807, 2.05) is 31.2 Å². The first kappa shape index (κ1) is 22.2. The van der Waals surface area contributed by atoms with Gasteiger partial charge in [0.25, 0.3) is 0 Å². The van der Waals surface area contributed by atoms with E-state index in [1.54, 1.807) is 6.92 Å². The highest BCUT2D eigenvalue weighted by Gasteiger charge is 2.24. The molecule has 8 heteroatoms. The molecule has 1 heterocycles. The molecule has 3 N–H and O–H groups in total. The number of aliphatic imine (C=N–C) groups is 1. The van der Waals surface area contributed by atoms with Crippen LogP contribution in [0.1, 0.15) is 31.7 Å². The highest BCUT2D eigenvalue weighted by atomic mass is 127. The molecule has 26 heavy (non-hydrogen) atoms. The lowest BCUT2D eigenvalue weighted by molar-refractivity contribution is -0.144. The maximum absolute atomic E-state index is 11.9. The summed E-state index contributed by atoms with van der Waals surface area (Å²) in [5, 5.41) is 9.32. The molecule has 0 saturated heterocycles. The summed E-state index contributed by atoms with van der Waals surface area (Å²) in [6.45, 7) is 5.39. The van der Waals surface area contributed by atoms with Crippen molar-refractivity contribution in [3.05, 3.63) is 29.8 Å². The van der Waals surface area contributed by atoms with Crippen molar-refractivity contribution in [2.24, 2.45) is 10.9 Å². The molecule has 144 valence electrons. The fraction of sp³-hybridized carbons (Fsp3) is 0.500. The molecule has 0 bridgehead atoms. The summed E-state index contributed by atoms with van der Waals surface area (Å²) in [6, 6.07) is 7.83. The predicted molar refractivity (Wildman–Crippen MR) is 113 cm³/mol. The molecule has 0 fully saturated rings. The van der Waals surface area contributed by atoms with Crippen LogP contribution in [0, 0.1) is 5.92 Å². The second-order valence-electron chi connectivity index (χ2n) is 6.06. The summed E-state index contributed by atoms with van der Waals surface area (Å²) in [4.78, 5) is 27.8. The Kier molecular flexibility index (Phi) is 9.39. The van der Waals surface area contributed by atoms with Gasteiger partial charge in [0.2, 0.25) is 5.91 Å². The lowest BCUT2D eigenvalue weighted by atomic mass is 9.90. The third kappa shape index (κ3) is 6.15. The minimum atomic E-state index is -0.304. The molecule has 0 spiro atoms. The average Bonchev–Trinajstić information content (AvgIpc) is 2.62. The Hall–Kier alpha value is -1.84. The number of esters is 1. The number of methoxy groups -OCH3 is 1. The maximum Gasteiger partial charge on any atom is 0.310 e. The molecule has 1 aliphatic rings. The smallest absolute Gasteiger partial charge is 0.310 e. The number of nitrogens with one attached hydrogen (secondary N) is 3. The van der Waals surface area contributed by atoms with Gasteiger partial charge in [-0.3, -0.25) is 14.6 Å². The molecular weight excluding hydrogens is 447 g/mol. The molecule has 0 saturated carbocycles. The molecule has 7 nitrogen and oxygen atoms in total. The first-order valence-electron chi connectivity index (χ1n) is 8.54. The summed E-state index contributed by atoms with van der Waals surface area (Å²) in [7, 11) is 1.37. The van der Waals surface area contributed by atoms with Gasteiger partial charge in [0, 0.05) is 31.1 Å². The number of halogens is 1. The fourth-order valence-corrected chi connectivity index (χ4v) is 2.75. The lowest BCUT2D eigenvalue weighted by Gasteiger charge is -2.26.